The summed E-state index contributed by atoms with van der Waals surface area (Å²) in [6, 6.07) is 0.484. The Kier molecular flexibility index (Phi) is 5.04. The van der Waals surface area contributed by atoms with Gasteiger partial charge in [-0.25, -0.2) is 0 Å². The second kappa shape index (κ2) is 6.55. The molecule has 0 aromatic rings. The van der Waals surface area contributed by atoms with Gasteiger partial charge < -0.3 is 9.64 Å². The Morgan fingerprint density at radius 3 is 2.56 bits per heavy atom. The van der Waals surface area contributed by atoms with Gasteiger partial charge in [0.15, 0.2) is 0 Å². The summed E-state index contributed by atoms with van der Waals surface area (Å²) in [7, 11) is 1.98. The molecule has 1 atom stereocenters. The number of ether oxygens (including phenoxy) is 1. The van der Waals surface area contributed by atoms with Gasteiger partial charge in [-0.1, -0.05) is 6.92 Å². The fraction of sp³-hybridized carbons (Fsp3) is 0.933. The highest BCUT2D eigenvalue weighted by Gasteiger charge is 2.25. The second-order valence-corrected chi connectivity index (χ2v) is 6.09. The van der Waals surface area contributed by atoms with Crippen molar-refractivity contribution in [3.8, 4) is 0 Å². The SMILES string of the molecule is CC1CCC(N(C)C(=O)CCC2CCCO2)CC1. The summed E-state index contributed by atoms with van der Waals surface area (Å²) in [4.78, 5) is 14.2. The van der Waals surface area contributed by atoms with Crippen LogP contribution in [0.3, 0.4) is 0 Å². The Morgan fingerprint density at radius 1 is 1.22 bits per heavy atom. The predicted molar refractivity (Wildman–Crippen MR) is 72.4 cm³/mol. The van der Waals surface area contributed by atoms with Crippen molar-refractivity contribution < 1.29 is 9.53 Å². The minimum absolute atomic E-state index is 0.310. The molecule has 0 radical (unpaired) electrons. The first kappa shape index (κ1) is 13.9. The minimum atomic E-state index is 0.310. The first-order valence-corrected chi connectivity index (χ1v) is 7.54. The molecule has 1 saturated heterocycles. The average Bonchev–Trinajstić information content (AvgIpc) is 2.89. The number of nitrogens with zero attached hydrogens (tertiary/aromatic N) is 1. The van der Waals surface area contributed by atoms with Gasteiger partial charge in [0.2, 0.25) is 5.91 Å². The lowest BCUT2D eigenvalue weighted by atomic mass is 9.86. The summed E-state index contributed by atoms with van der Waals surface area (Å²) in [6.07, 6.45) is 9.12. The molecule has 2 rings (SSSR count). The average molecular weight is 253 g/mol. The molecule has 104 valence electrons. The highest BCUT2D eigenvalue weighted by atomic mass is 16.5. The van der Waals surface area contributed by atoms with E-state index in [1.54, 1.807) is 0 Å². The Morgan fingerprint density at radius 2 is 1.94 bits per heavy atom. The molecular formula is C15H27NO2. The van der Waals surface area contributed by atoms with Crippen molar-refractivity contribution in [1.82, 2.24) is 4.90 Å². The fourth-order valence-electron chi connectivity index (χ4n) is 3.17. The van der Waals surface area contributed by atoms with E-state index in [0.717, 1.165) is 31.8 Å². The van der Waals surface area contributed by atoms with E-state index in [1.807, 2.05) is 11.9 Å². The lowest BCUT2D eigenvalue weighted by Gasteiger charge is -2.33. The molecule has 18 heavy (non-hydrogen) atoms. The third-order valence-corrected chi connectivity index (χ3v) is 4.63. The zero-order valence-electron chi connectivity index (χ0n) is 11.9. The van der Waals surface area contributed by atoms with Gasteiger partial charge in [-0.3, -0.25) is 4.79 Å². The Labute approximate surface area is 111 Å². The lowest BCUT2D eigenvalue weighted by Crippen LogP contribution is -2.39. The van der Waals surface area contributed by atoms with Crippen molar-refractivity contribution in [2.24, 2.45) is 5.92 Å². The zero-order valence-corrected chi connectivity index (χ0v) is 11.9. The summed E-state index contributed by atoms with van der Waals surface area (Å²) < 4.78 is 5.57. The number of hydrogen-bond acceptors (Lipinski definition) is 2. The topological polar surface area (TPSA) is 29.5 Å². The number of hydrogen-bond donors (Lipinski definition) is 0. The van der Waals surface area contributed by atoms with Crippen LogP contribution in [-0.4, -0.2) is 36.6 Å². The third-order valence-electron chi connectivity index (χ3n) is 4.63. The molecule has 0 bridgehead atoms. The molecule has 1 unspecified atom stereocenters. The molecular weight excluding hydrogens is 226 g/mol. The van der Waals surface area contributed by atoms with E-state index in [-0.39, 0.29) is 0 Å². The van der Waals surface area contributed by atoms with Crippen molar-refractivity contribution >= 4 is 5.91 Å². The maximum absolute atomic E-state index is 12.2. The summed E-state index contributed by atoms with van der Waals surface area (Å²) in [5.74, 6) is 1.15. The monoisotopic (exact) mass is 253 g/mol. The van der Waals surface area contributed by atoms with Crippen molar-refractivity contribution in [2.45, 2.75) is 70.4 Å². The highest BCUT2D eigenvalue weighted by Crippen LogP contribution is 2.27. The smallest absolute Gasteiger partial charge is 0.222 e. The van der Waals surface area contributed by atoms with Crippen LogP contribution in [0.2, 0.25) is 0 Å². The first-order valence-electron chi connectivity index (χ1n) is 7.54. The Bertz CT molecular complexity index is 266. The van der Waals surface area contributed by atoms with E-state index >= 15 is 0 Å². The van der Waals surface area contributed by atoms with Crippen LogP contribution in [0.25, 0.3) is 0 Å². The van der Waals surface area contributed by atoms with Gasteiger partial charge in [-0.15, -0.1) is 0 Å². The molecule has 0 aromatic heterocycles. The molecule has 1 saturated carbocycles. The first-order chi connectivity index (χ1) is 8.66. The van der Waals surface area contributed by atoms with Crippen LogP contribution >= 0.6 is 0 Å². The van der Waals surface area contributed by atoms with E-state index in [0.29, 0.717) is 24.5 Å². The van der Waals surface area contributed by atoms with E-state index in [4.69, 9.17) is 4.74 Å². The van der Waals surface area contributed by atoms with Crippen LogP contribution in [0, 0.1) is 5.92 Å². The molecule has 0 spiro atoms. The quantitative estimate of drug-likeness (QED) is 0.771. The van der Waals surface area contributed by atoms with Crippen LogP contribution < -0.4 is 0 Å². The minimum Gasteiger partial charge on any atom is -0.378 e. The van der Waals surface area contributed by atoms with Crippen LogP contribution in [0.15, 0.2) is 0 Å². The number of carbonyl (C=O) groups excluding carboxylic acids is 1. The van der Waals surface area contributed by atoms with Gasteiger partial charge in [-0.05, 0) is 50.9 Å². The molecule has 1 heterocycles. The van der Waals surface area contributed by atoms with Gasteiger partial charge >= 0.3 is 0 Å². The van der Waals surface area contributed by atoms with Crippen molar-refractivity contribution in [2.75, 3.05) is 13.7 Å². The van der Waals surface area contributed by atoms with E-state index < -0.39 is 0 Å². The number of amides is 1. The summed E-state index contributed by atoms with van der Waals surface area (Å²) >= 11 is 0. The second-order valence-electron chi connectivity index (χ2n) is 6.09. The number of rotatable bonds is 4. The van der Waals surface area contributed by atoms with Crippen LogP contribution in [0.4, 0.5) is 0 Å². The molecule has 2 aliphatic rings. The van der Waals surface area contributed by atoms with Crippen molar-refractivity contribution in [3.05, 3.63) is 0 Å². The summed E-state index contributed by atoms with van der Waals surface area (Å²) in [5, 5.41) is 0. The maximum atomic E-state index is 12.2. The van der Waals surface area contributed by atoms with Gasteiger partial charge in [0.1, 0.15) is 0 Å². The predicted octanol–water partition coefficient (Wildman–Crippen LogP) is 2.98. The van der Waals surface area contributed by atoms with Gasteiger partial charge in [-0.2, -0.15) is 0 Å². The summed E-state index contributed by atoms with van der Waals surface area (Å²) in [5.41, 5.74) is 0. The van der Waals surface area contributed by atoms with Crippen molar-refractivity contribution in [1.29, 1.82) is 0 Å². The van der Waals surface area contributed by atoms with Gasteiger partial charge in [0.05, 0.1) is 6.10 Å². The lowest BCUT2D eigenvalue weighted by molar-refractivity contribution is -0.133. The third kappa shape index (κ3) is 3.71. The van der Waals surface area contributed by atoms with E-state index in [9.17, 15) is 4.79 Å². The van der Waals surface area contributed by atoms with Gasteiger partial charge in [0.25, 0.3) is 0 Å². The number of carbonyl (C=O) groups is 1. The molecule has 1 amide bonds. The molecule has 2 fully saturated rings. The molecule has 0 N–H and O–H groups in total. The zero-order chi connectivity index (χ0) is 13.0. The normalized spacial score (nSPS) is 32.4. The van der Waals surface area contributed by atoms with E-state index in [1.165, 1.54) is 25.7 Å². The van der Waals surface area contributed by atoms with Crippen LogP contribution in [0.5, 0.6) is 0 Å². The molecule has 1 aliphatic heterocycles. The largest absolute Gasteiger partial charge is 0.378 e. The van der Waals surface area contributed by atoms with E-state index in [2.05, 4.69) is 6.92 Å². The molecule has 3 heteroatoms. The van der Waals surface area contributed by atoms with Gasteiger partial charge in [0, 0.05) is 26.1 Å². The summed E-state index contributed by atoms with van der Waals surface area (Å²) in [6.45, 7) is 3.20. The fourth-order valence-corrected chi connectivity index (χ4v) is 3.17. The molecule has 1 aliphatic carbocycles. The Hall–Kier alpha value is -0.570. The maximum Gasteiger partial charge on any atom is 0.222 e. The van der Waals surface area contributed by atoms with Crippen molar-refractivity contribution in [3.63, 3.8) is 0 Å². The Balaban J connectivity index is 1.70. The molecule has 0 aromatic carbocycles. The highest BCUT2D eigenvalue weighted by molar-refractivity contribution is 5.76. The standard InChI is InChI=1S/C15H27NO2/c1-12-5-7-13(8-6-12)16(2)15(17)10-9-14-4-3-11-18-14/h12-14H,3-11H2,1-2H3. The molecule has 3 nitrogen and oxygen atoms in total. The van der Waals surface area contributed by atoms with Crippen LogP contribution in [0.1, 0.15) is 58.3 Å². The van der Waals surface area contributed by atoms with Crippen LogP contribution in [-0.2, 0) is 9.53 Å².